The summed E-state index contributed by atoms with van der Waals surface area (Å²) in [5.74, 6) is -0.891. The third kappa shape index (κ3) is 2.73. The van der Waals surface area contributed by atoms with Crippen molar-refractivity contribution in [3.05, 3.63) is 68.7 Å². The summed E-state index contributed by atoms with van der Waals surface area (Å²) in [6, 6.07) is 12.6. The lowest BCUT2D eigenvalue weighted by atomic mass is 10.0. The first-order valence-electron chi connectivity index (χ1n) is 7.02. The van der Waals surface area contributed by atoms with Crippen LogP contribution in [0, 0.1) is 13.8 Å². The quantitative estimate of drug-likeness (QED) is 0.703. The summed E-state index contributed by atoms with van der Waals surface area (Å²) in [6.07, 6.45) is 0. The number of rotatable bonds is 2. The lowest BCUT2D eigenvalue weighted by Gasteiger charge is -2.15. The van der Waals surface area contributed by atoms with Crippen molar-refractivity contribution in [2.75, 3.05) is 4.90 Å². The maximum atomic E-state index is 12.8. The molecule has 1 aliphatic rings. The monoisotopic (exact) mass is 389 g/mol. The fourth-order valence-electron chi connectivity index (χ4n) is 2.47. The van der Waals surface area contributed by atoms with Crippen LogP contribution in [0.2, 0.25) is 0 Å². The van der Waals surface area contributed by atoms with Gasteiger partial charge >= 0.3 is 0 Å². The van der Waals surface area contributed by atoms with Gasteiger partial charge in [-0.1, -0.05) is 45.7 Å². The summed E-state index contributed by atoms with van der Waals surface area (Å²) >= 11 is 9.52. The van der Waals surface area contributed by atoms with Crippen molar-refractivity contribution >= 4 is 50.6 Å². The van der Waals surface area contributed by atoms with Crippen molar-refractivity contribution in [1.82, 2.24) is 0 Å². The Hall–Kier alpha value is -1.91. The van der Waals surface area contributed by atoms with Gasteiger partial charge in [-0.05, 0) is 54.8 Å². The molecular formula is C18H13BrClNO2. The lowest BCUT2D eigenvalue weighted by Crippen LogP contribution is -2.31. The fourth-order valence-corrected chi connectivity index (χ4v) is 3.01. The predicted octanol–water partition coefficient (Wildman–Crippen LogP) is 4.59. The van der Waals surface area contributed by atoms with Gasteiger partial charge in [0.2, 0.25) is 0 Å². The number of hydrogen-bond donors (Lipinski definition) is 0. The van der Waals surface area contributed by atoms with Crippen molar-refractivity contribution in [3.63, 3.8) is 0 Å². The van der Waals surface area contributed by atoms with E-state index in [1.165, 1.54) is 0 Å². The highest BCUT2D eigenvalue weighted by Crippen LogP contribution is 2.35. The van der Waals surface area contributed by atoms with Crippen molar-refractivity contribution in [1.29, 1.82) is 0 Å². The van der Waals surface area contributed by atoms with E-state index in [4.69, 9.17) is 11.6 Å². The van der Waals surface area contributed by atoms with Gasteiger partial charge in [0.15, 0.2) is 0 Å². The molecule has 0 unspecified atom stereocenters. The second kappa shape index (κ2) is 5.95. The topological polar surface area (TPSA) is 37.4 Å². The van der Waals surface area contributed by atoms with Crippen molar-refractivity contribution < 1.29 is 9.59 Å². The molecule has 0 bridgehead atoms. The lowest BCUT2D eigenvalue weighted by molar-refractivity contribution is -0.119. The molecule has 3 rings (SSSR count). The first-order valence-corrected chi connectivity index (χ1v) is 8.19. The Kier molecular flexibility index (Phi) is 4.13. The van der Waals surface area contributed by atoms with Gasteiger partial charge in [-0.15, -0.1) is 0 Å². The summed E-state index contributed by atoms with van der Waals surface area (Å²) in [5.41, 5.74) is 3.58. The molecule has 0 aliphatic carbocycles. The molecule has 1 aliphatic heterocycles. The minimum atomic E-state index is -0.493. The number of nitrogens with zero attached hydrogens (tertiary/aromatic N) is 1. The summed E-state index contributed by atoms with van der Waals surface area (Å²) in [6.45, 7) is 3.95. The number of benzene rings is 2. The van der Waals surface area contributed by atoms with Gasteiger partial charge in [0.25, 0.3) is 11.8 Å². The van der Waals surface area contributed by atoms with Crippen LogP contribution in [-0.2, 0) is 9.59 Å². The molecule has 0 saturated heterocycles. The molecule has 2 aromatic carbocycles. The van der Waals surface area contributed by atoms with Gasteiger partial charge in [0.1, 0.15) is 5.03 Å². The van der Waals surface area contributed by atoms with Crippen LogP contribution in [0.4, 0.5) is 5.69 Å². The highest BCUT2D eigenvalue weighted by atomic mass is 79.9. The molecular weight excluding hydrogens is 378 g/mol. The van der Waals surface area contributed by atoms with E-state index >= 15 is 0 Å². The number of carbonyl (C=O) groups is 2. The number of carbonyl (C=O) groups excluding carboxylic acids is 2. The minimum Gasteiger partial charge on any atom is -0.268 e. The van der Waals surface area contributed by atoms with Crippen LogP contribution >= 0.6 is 27.5 Å². The smallest absolute Gasteiger partial charge is 0.268 e. The molecule has 2 aromatic rings. The van der Waals surface area contributed by atoms with Gasteiger partial charge in [-0.25, -0.2) is 4.90 Å². The maximum Gasteiger partial charge on any atom is 0.277 e. The molecule has 0 aromatic heterocycles. The van der Waals surface area contributed by atoms with Crippen molar-refractivity contribution in [3.8, 4) is 0 Å². The molecule has 5 heteroatoms. The van der Waals surface area contributed by atoms with Gasteiger partial charge in [-0.2, -0.15) is 0 Å². The van der Waals surface area contributed by atoms with Gasteiger partial charge < -0.3 is 0 Å². The first-order chi connectivity index (χ1) is 10.9. The van der Waals surface area contributed by atoms with E-state index < -0.39 is 11.8 Å². The van der Waals surface area contributed by atoms with Crippen LogP contribution in [-0.4, -0.2) is 11.8 Å². The first kappa shape index (κ1) is 16.0. The van der Waals surface area contributed by atoms with Gasteiger partial charge in [0, 0.05) is 4.47 Å². The standard InChI is InChI=1S/C18H13BrClNO2/c1-10-3-4-12(9-11(10)2)15-16(20)18(23)21(17(15)22)14-7-5-13(19)6-8-14/h3-9H,1-2H3. The minimum absolute atomic E-state index is 0.0406. The Morgan fingerprint density at radius 1 is 0.913 bits per heavy atom. The summed E-state index contributed by atoms with van der Waals surface area (Å²) in [7, 11) is 0. The van der Waals surface area contributed by atoms with Crippen LogP contribution in [0.5, 0.6) is 0 Å². The van der Waals surface area contributed by atoms with E-state index in [1.54, 1.807) is 24.3 Å². The van der Waals surface area contributed by atoms with Gasteiger partial charge in [-0.3, -0.25) is 9.59 Å². The molecule has 2 amide bonds. The summed E-state index contributed by atoms with van der Waals surface area (Å²) < 4.78 is 0.869. The Labute approximate surface area is 147 Å². The molecule has 0 spiro atoms. The highest BCUT2D eigenvalue weighted by Gasteiger charge is 2.39. The third-order valence-electron chi connectivity index (χ3n) is 3.91. The van der Waals surface area contributed by atoms with E-state index in [0.717, 1.165) is 20.5 Å². The second-order valence-electron chi connectivity index (χ2n) is 5.41. The Balaban J connectivity index is 2.05. The fraction of sp³-hybridized carbons (Fsp3) is 0.111. The summed E-state index contributed by atoms with van der Waals surface area (Å²) in [4.78, 5) is 26.3. The largest absolute Gasteiger partial charge is 0.277 e. The van der Waals surface area contributed by atoms with E-state index in [-0.39, 0.29) is 10.6 Å². The molecule has 0 N–H and O–H groups in total. The average molecular weight is 391 g/mol. The van der Waals surface area contributed by atoms with E-state index in [0.29, 0.717) is 11.3 Å². The molecule has 116 valence electrons. The van der Waals surface area contributed by atoms with E-state index in [2.05, 4.69) is 15.9 Å². The Morgan fingerprint density at radius 3 is 2.17 bits per heavy atom. The molecule has 1 heterocycles. The normalized spacial score (nSPS) is 14.9. The zero-order valence-electron chi connectivity index (χ0n) is 12.6. The highest BCUT2D eigenvalue weighted by molar-refractivity contribution is 9.10. The molecule has 0 radical (unpaired) electrons. The van der Waals surface area contributed by atoms with Crippen molar-refractivity contribution in [2.45, 2.75) is 13.8 Å². The molecule has 23 heavy (non-hydrogen) atoms. The second-order valence-corrected chi connectivity index (χ2v) is 6.70. The van der Waals surface area contributed by atoms with Crippen LogP contribution in [0.3, 0.4) is 0 Å². The number of halogens is 2. The van der Waals surface area contributed by atoms with Crippen molar-refractivity contribution in [2.24, 2.45) is 0 Å². The molecule has 0 fully saturated rings. The number of anilines is 1. The zero-order valence-corrected chi connectivity index (χ0v) is 14.9. The van der Waals surface area contributed by atoms with Gasteiger partial charge in [0.05, 0.1) is 11.3 Å². The van der Waals surface area contributed by atoms with Crippen LogP contribution < -0.4 is 4.90 Å². The zero-order chi connectivity index (χ0) is 16.7. The van der Waals surface area contributed by atoms with E-state index in [1.807, 2.05) is 32.0 Å². The Morgan fingerprint density at radius 2 is 1.57 bits per heavy atom. The van der Waals surface area contributed by atoms with E-state index in [9.17, 15) is 9.59 Å². The number of aryl methyl sites for hydroxylation is 2. The molecule has 3 nitrogen and oxygen atoms in total. The molecule has 0 atom stereocenters. The van der Waals surface area contributed by atoms with Crippen LogP contribution in [0.1, 0.15) is 16.7 Å². The summed E-state index contributed by atoms with van der Waals surface area (Å²) in [5, 5.41) is -0.0406. The third-order valence-corrected chi connectivity index (χ3v) is 4.79. The SMILES string of the molecule is Cc1ccc(C2=C(Cl)C(=O)N(c3ccc(Br)cc3)C2=O)cc1C. The maximum absolute atomic E-state index is 12.8. The Bertz CT molecular complexity index is 856. The predicted molar refractivity (Wildman–Crippen MR) is 95.3 cm³/mol. The molecule has 0 saturated carbocycles. The van der Waals surface area contributed by atoms with Crippen LogP contribution in [0.15, 0.2) is 52.0 Å². The average Bonchev–Trinajstić information content (AvgIpc) is 2.74. The number of imide groups is 1. The number of hydrogen-bond acceptors (Lipinski definition) is 2. The van der Waals surface area contributed by atoms with Crippen LogP contribution in [0.25, 0.3) is 5.57 Å². The number of amides is 2.